The van der Waals surface area contributed by atoms with Crippen LogP contribution in [-0.2, 0) is 13.1 Å². The van der Waals surface area contributed by atoms with E-state index in [0.29, 0.717) is 13.1 Å². The quantitative estimate of drug-likeness (QED) is 0.670. The van der Waals surface area contributed by atoms with E-state index in [9.17, 15) is 4.79 Å². The molecular formula is C23H28N4O2. The molecule has 2 aromatic heterocycles. The van der Waals surface area contributed by atoms with Crippen molar-refractivity contribution < 1.29 is 9.21 Å². The van der Waals surface area contributed by atoms with E-state index in [1.165, 1.54) is 25.7 Å². The van der Waals surface area contributed by atoms with Crippen LogP contribution < -0.4 is 15.5 Å². The molecule has 152 valence electrons. The van der Waals surface area contributed by atoms with Crippen molar-refractivity contribution in [3.05, 3.63) is 59.5 Å². The fourth-order valence-electron chi connectivity index (χ4n) is 3.84. The van der Waals surface area contributed by atoms with Crippen molar-refractivity contribution in [1.82, 2.24) is 15.6 Å². The number of pyridine rings is 1. The minimum Gasteiger partial charge on any atom is -0.459 e. The molecule has 0 spiro atoms. The van der Waals surface area contributed by atoms with Gasteiger partial charge in [0.2, 0.25) is 0 Å². The van der Waals surface area contributed by atoms with E-state index < -0.39 is 0 Å². The lowest BCUT2D eigenvalue weighted by Gasteiger charge is -2.21. The molecule has 1 saturated heterocycles. The van der Waals surface area contributed by atoms with Crippen LogP contribution in [0.25, 0.3) is 11.0 Å². The van der Waals surface area contributed by atoms with Crippen LogP contribution in [0.1, 0.15) is 42.6 Å². The minimum absolute atomic E-state index is 0.210. The number of aromatic nitrogens is 1. The van der Waals surface area contributed by atoms with E-state index in [0.717, 1.165) is 46.8 Å². The molecule has 1 aromatic carbocycles. The molecule has 1 aliphatic rings. The largest absolute Gasteiger partial charge is 0.459 e. The molecule has 4 rings (SSSR count). The molecular weight excluding hydrogens is 364 g/mol. The van der Waals surface area contributed by atoms with Crippen LogP contribution in [0, 0.1) is 6.92 Å². The molecule has 6 nitrogen and oxygen atoms in total. The van der Waals surface area contributed by atoms with Crippen LogP contribution in [0.15, 0.2) is 47.0 Å². The lowest BCUT2D eigenvalue weighted by Crippen LogP contribution is -2.34. The Kier molecular flexibility index (Phi) is 5.98. The molecule has 6 heteroatoms. The highest BCUT2D eigenvalue weighted by Crippen LogP contribution is 2.24. The van der Waals surface area contributed by atoms with Gasteiger partial charge >= 0.3 is 6.03 Å². The lowest BCUT2D eigenvalue weighted by atomic mass is 10.1. The summed E-state index contributed by atoms with van der Waals surface area (Å²) >= 11 is 0. The average molecular weight is 393 g/mol. The maximum absolute atomic E-state index is 12.3. The Balaban J connectivity index is 1.31. The van der Waals surface area contributed by atoms with Crippen LogP contribution in [0.2, 0.25) is 0 Å². The first kappa shape index (κ1) is 19.3. The fourth-order valence-corrected chi connectivity index (χ4v) is 3.84. The Morgan fingerprint density at radius 2 is 1.83 bits per heavy atom. The second kappa shape index (κ2) is 8.99. The van der Waals surface area contributed by atoms with Crippen LogP contribution >= 0.6 is 0 Å². The molecule has 1 fully saturated rings. The number of benzene rings is 1. The zero-order valence-corrected chi connectivity index (χ0v) is 16.9. The second-order valence-electron chi connectivity index (χ2n) is 7.61. The van der Waals surface area contributed by atoms with Gasteiger partial charge in [-0.05, 0) is 43.5 Å². The summed E-state index contributed by atoms with van der Waals surface area (Å²) in [5, 5.41) is 6.90. The smallest absolute Gasteiger partial charge is 0.315 e. The first-order valence-electron chi connectivity index (χ1n) is 10.4. The third-order valence-corrected chi connectivity index (χ3v) is 5.55. The van der Waals surface area contributed by atoms with Gasteiger partial charge < -0.3 is 20.0 Å². The number of anilines is 1. The van der Waals surface area contributed by atoms with Gasteiger partial charge in [-0.2, -0.15) is 0 Å². The van der Waals surface area contributed by atoms with Crippen molar-refractivity contribution in [2.75, 3.05) is 18.0 Å². The van der Waals surface area contributed by atoms with Gasteiger partial charge in [-0.3, -0.25) is 0 Å². The van der Waals surface area contributed by atoms with Crippen molar-refractivity contribution in [1.29, 1.82) is 0 Å². The molecule has 3 aromatic rings. The van der Waals surface area contributed by atoms with E-state index in [4.69, 9.17) is 4.42 Å². The van der Waals surface area contributed by atoms with E-state index in [-0.39, 0.29) is 6.03 Å². The number of carbonyl (C=O) groups excluding carboxylic acids is 1. The van der Waals surface area contributed by atoms with Gasteiger partial charge in [0.1, 0.15) is 17.2 Å². The normalized spacial score (nSPS) is 14.6. The topological polar surface area (TPSA) is 70.4 Å². The van der Waals surface area contributed by atoms with Crippen molar-refractivity contribution in [2.24, 2.45) is 0 Å². The number of nitrogens with one attached hydrogen (secondary N) is 2. The SMILES string of the molecule is Cc1c(CNC(=O)NCc2ccnc(N3CCCCCC3)c2)oc2ccccc12. The summed E-state index contributed by atoms with van der Waals surface area (Å²) in [6.07, 6.45) is 6.85. The van der Waals surface area contributed by atoms with Crippen LogP contribution in [0.5, 0.6) is 0 Å². The molecule has 0 bridgehead atoms. The molecule has 1 aliphatic heterocycles. The van der Waals surface area contributed by atoms with Gasteiger partial charge in [-0.25, -0.2) is 9.78 Å². The number of furan rings is 1. The maximum Gasteiger partial charge on any atom is 0.315 e. The monoisotopic (exact) mass is 392 g/mol. The summed E-state index contributed by atoms with van der Waals surface area (Å²) in [4.78, 5) is 19.1. The molecule has 29 heavy (non-hydrogen) atoms. The molecule has 3 heterocycles. The molecule has 0 saturated carbocycles. The summed E-state index contributed by atoms with van der Waals surface area (Å²) in [6.45, 7) is 4.96. The number of carbonyl (C=O) groups is 1. The number of hydrogen-bond donors (Lipinski definition) is 2. The van der Waals surface area contributed by atoms with Crippen molar-refractivity contribution in [3.8, 4) is 0 Å². The average Bonchev–Trinajstić information content (AvgIpc) is 2.91. The van der Waals surface area contributed by atoms with E-state index in [1.54, 1.807) is 0 Å². The van der Waals surface area contributed by atoms with Crippen molar-refractivity contribution in [3.63, 3.8) is 0 Å². The molecule has 2 N–H and O–H groups in total. The van der Waals surface area contributed by atoms with Crippen molar-refractivity contribution >= 4 is 22.8 Å². The molecule has 2 amide bonds. The predicted octanol–water partition coefficient (Wildman–Crippen LogP) is 4.52. The highest BCUT2D eigenvalue weighted by atomic mass is 16.3. The Labute approximate surface area is 171 Å². The first-order valence-corrected chi connectivity index (χ1v) is 10.4. The Morgan fingerprint density at radius 3 is 2.62 bits per heavy atom. The van der Waals surface area contributed by atoms with E-state index >= 15 is 0 Å². The number of nitrogens with zero attached hydrogens (tertiary/aromatic N) is 2. The molecule has 0 radical (unpaired) electrons. The minimum atomic E-state index is -0.210. The summed E-state index contributed by atoms with van der Waals surface area (Å²) in [6, 6.07) is 11.7. The van der Waals surface area contributed by atoms with Crippen molar-refractivity contribution in [2.45, 2.75) is 45.7 Å². The van der Waals surface area contributed by atoms with Gasteiger partial charge in [0.05, 0.1) is 6.54 Å². The second-order valence-corrected chi connectivity index (χ2v) is 7.61. The zero-order valence-electron chi connectivity index (χ0n) is 16.9. The molecule has 0 atom stereocenters. The van der Waals surface area contributed by atoms with Crippen LogP contribution in [0.4, 0.5) is 10.6 Å². The number of amides is 2. The van der Waals surface area contributed by atoms with Gasteiger partial charge in [0, 0.05) is 36.8 Å². The van der Waals surface area contributed by atoms with Gasteiger partial charge in [-0.15, -0.1) is 0 Å². The highest BCUT2D eigenvalue weighted by molar-refractivity contribution is 5.82. The lowest BCUT2D eigenvalue weighted by molar-refractivity contribution is 0.239. The third-order valence-electron chi connectivity index (χ3n) is 5.55. The van der Waals surface area contributed by atoms with E-state index in [2.05, 4.69) is 26.6 Å². The number of rotatable bonds is 5. The summed E-state index contributed by atoms with van der Waals surface area (Å²) in [5.41, 5.74) is 2.96. The molecule has 0 aliphatic carbocycles. The first-order chi connectivity index (χ1) is 14.2. The summed E-state index contributed by atoms with van der Waals surface area (Å²) in [5.74, 6) is 1.79. The van der Waals surface area contributed by atoms with Crippen LogP contribution in [0.3, 0.4) is 0 Å². The number of aryl methyl sites for hydroxylation is 1. The van der Waals surface area contributed by atoms with E-state index in [1.807, 2.05) is 43.5 Å². The highest BCUT2D eigenvalue weighted by Gasteiger charge is 2.13. The third kappa shape index (κ3) is 4.70. The molecule has 0 unspecified atom stereocenters. The summed E-state index contributed by atoms with van der Waals surface area (Å²) in [7, 11) is 0. The van der Waals surface area contributed by atoms with Gasteiger partial charge in [0.25, 0.3) is 0 Å². The van der Waals surface area contributed by atoms with Gasteiger partial charge in [-0.1, -0.05) is 31.0 Å². The Bertz CT molecular complexity index is 974. The number of urea groups is 1. The zero-order chi connectivity index (χ0) is 20.1. The standard InChI is InChI=1S/C23H28N4O2/c1-17-19-8-4-5-9-20(19)29-21(17)16-26-23(28)25-15-18-10-11-24-22(14-18)27-12-6-2-3-7-13-27/h4-5,8-11,14H,2-3,6-7,12-13,15-16H2,1H3,(H2,25,26,28). The summed E-state index contributed by atoms with van der Waals surface area (Å²) < 4.78 is 5.85. The maximum atomic E-state index is 12.3. The Hall–Kier alpha value is -3.02. The number of para-hydroxylation sites is 1. The predicted molar refractivity (Wildman–Crippen MR) is 115 cm³/mol. The number of fused-ring (bicyclic) bond motifs is 1. The van der Waals surface area contributed by atoms with Gasteiger partial charge in [0.15, 0.2) is 0 Å². The number of hydrogen-bond acceptors (Lipinski definition) is 4. The Morgan fingerprint density at radius 1 is 1.07 bits per heavy atom. The fraction of sp³-hybridized carbons (Fsp3) is 0.391. The van der Waals surface area contributed by atoms with Crippen LogP contribution in [-0.4, -0.2) is 24.1 Å².